The number of aliphatic hydroxyl groups excluding tert-OH is 3. The molecule has 0 saturated carbocycles. The minimum absolute atomic E-state index is 0.0365. The Morgan fingerprint density at radius 2 is 1.96 bits per heavy atom. The molecule has 2 rings (SSSR count). The van der Waals surface area contributed by atoms with Crippen LogP contribution >= 0.6 is 0 Å². The molecule has 0 aromatic heterocycles. The average Bonchev–Trinajstić information content (AvgIpc) is 2.88. The fourth-order valence-corrected chi connectivity index (χ4v) is 2.89. The second kappa shape index (κ2) is 8.72. The normalized spacial score (nSPS) is 37.8. The summed E-state index contributed by atoms with van der Waals surface area (Å²) in [4.78, 5) is 11.6. The first-order valence-electron chi connectivity index (χ1n) is 8.62. The van der Waals surface area contributed by atoms with Gasteiger partial charge in [0, 0.05) is 6.42 Å². The minimum Gasteiger partial charge on any atom is -0.388 e. The van der Waals surface area contributed by atoms with Gasteiger partial charge in [0.15, 0.2) is 12.1 Å². The van der Waals surface area contributed by atoms with Gasteiger partial charge in [-0.1, -0.05) is 6.92 Å². The lowest BCUT2D eigenvalue weighted by atomic mass is 9.97. The summed E-state index contributed by atoms with van der Waals surface area (Å²) in [6.45, 7) is 6.05. The highest BCUT2D eigenvalue weighted by Gasteiger charge is 2.44. The Balaban J connectivity index is 1.79. The van der Waals surface area contributed by atoms with Crippen molar-refractivity contribution in [2.75, 3.05) is 19.8 Å². The zero-order valence-electron chi connectivity index (χ0n) is 14.9. The van der Waals surface area contributed by atoms with Crippen molar-refractivity contribution in [3.05, 3.63) is 0 Å². The molecular weight excluding hydrogens is 334 g/mol. The molecule has 9 nitrogen and oxygen atoms in total. The Kier molecular flexibility index (Phi) is 7.15. The summed E-state index contributed by atoms with van der Waals surface area (Å²) in [5.41, 5.74) is 0. The number of hydrogen-bond acceptors (Lipinski definition) is 8. The van der Waals surface area contributed by atoms with Gasteiger partial charge in [0.25, 0.3) is 0 Å². The van der Waals surface area contributed by atoms with Gasteiger partial charge in [-0.2, -0.15) is 0 Å². The molecule has 2 heterocycles. The SMILES string of the molecule is CCCC(=O)N[C@H]1C(O)O[C@H](COCC2COC(C)(C)O2)[C@@H](O)[C@@H]1O. The van der Waals surface area contributed by atoms with Crippen LogP contribution in [0.15, 0.2) is 0 Å². The van der Waals surface area contributed by atoms with E-state index in [0.29, 0.717) is 13.0 Å². The number of carbonyl (C=O) groups is 1. The second-order valence-electron chi connectivity index (χ2n) is 6.88. The summed E-state index contributed by atoms with van der Waals surface area (Å²) in [5.74, 6) is -0.970. The molecule has 2 fully saturated rings. The molecule has 4 N–H and O–H groups in total. The molecule has 0 radical (unpaired) electrons. The van der Waals surface area contributed by atoms with Crippen molar-refractivity contribution in [2.45, 2.75) is 76.1 Å². The van der Waals surface area contributed by atoms with E-state index in [1.54, 1.807) is 13.8 Å². The predicted octanol–water partition coefficient (Wildman–Crippen LogP) is -1.12. The highest BCUT2D eigenvalue weighted by Crippen LogP contribution is 2.23. The molecule has 0 aliphatic carbocycles. The lowest BCUT2D eigenvalue weighted by molar-refractivity contribution is -0.258. The number of carbonyl (C=O) groups excluding carboxylic acids is 1. The number of hydrogen-bond donors (Lipinski definition) is 4. The second-order valence-corrected chi connectivity index (χ2v) is 6.88. The monoisotopic (exact) mass is 363 g/mol. The van der Waals surface area contributed by atoms with Crippen LogP contribution in [0.1, 0.15) is 33.6 Å². The zero-order chi connectivity index (χ0) is 18.6. The number of nitrogens with one attached hydrogen (secondary N) is 1. The summed E-state index contributed by atoms with van der Waals surface area (Å²) in [6, 6.07) is -1.09. The molecule has 146 valence electrons. The summed E-state index contributed by atoms with van der Waals surface area (Å²) < 4.78 is 21.8. The van der Waals surface area contributed by atoms with Crippen molar-refractivity contribution in [1.82, 2.24) is 5.32 Å². The van der Waals surface area contributed by atoms with E-state index in [-0.39, 0.29) is 31.6 Å². The summed E-state index contributed by atoms with van der Waals surface area (Å²) in [6.07, 6.45) is -4.34. The van der Waals surface area contributed by atoms with Crippen LogP contribution in [0.5, 0.6) is 0 Å². The molecule has 6 atom stereocenters. The maximum Gasteiger partial charge on any atom is 0.220 e. The van der Waals surface area contributed by atoms with Crippen LogP contribution in [0, 0.1) is 0 Å². The fraction of sp³-hybridized carbons (Fsp3) is 0.938. The van der Waals surface area contributed by atoms with Crippen LogP contribution in [0.2, 0.25) is 0 Å². The zero-order valence-corrected chi connectivity index (χ0v) is 14.9. The molecule has 9 heteroatoms. The minimum atomic E-state index is -1.43. The molecule has 1 amide bonds. The molecule has 0 spiro atoms. The maximum absolute atomic E-state index is 11.6. The third-order valence-electron chi connectivity index (χ3n) is 4.18. The van der Waals surface area contributed by atoms with Crippen LogP contribution in [-0.4, -0.2) is 83.6 Å². The van der Waals surface area contributed by atoms with Crippen molar-refractivity contribution >= 4 is 5.91 Å². The molecule has 0 aromatic rings. The van der Waals surface area contributed by atoms with Gasteiger partial charge >= 0.3 is 0 Å². The first kappa shape index (κ1) is 20.5. The summed E-state index contributed by atoms with van der Waals surface area (Å²) in [5, 5.41) is 32.8. The topological polar surface area (TPSA) is 127 Å². The van der Waals surface area contributed by atoms with E-state index in [9.17, 15) is 20.1 Å². The first-order chi connectivity index (χ1) is 11.7. The standard InChI is InChI=1S/C16H29NO8/c1-4-5-11(18)17-12-14(20)13(19)10(24-15(12)21)8-22-6-9-7-23-16(2,3)25-9/h9-10,12-15,19-21H,4-8H2,1-3H3,(H,17,18)/t9?,10-,12-,13-,14-,15?/m1/s1. The highest BCUT2D eigenvalue weighted by atomic mass is 16.7. The lowest BCUT2D eigenvalue weighted by Gasteiger charge is -2.40. The molecule has 2 unspecified atom stereocenters. The van der Waals surface area contributed by atoms with Gasteiger partial charge in [0.2, 0.25) is 5.91 Å². The van der Waals surface area contributed by atoms with E-state index in [4.69, 9.17) is 18.9 Å². The van der Waals surface area contributed by atoms with E-state index >= 15 is 0 Å². The Bertz CT molecular complexity index is 446. The number of rotatable bonds is 7. The largest absolute Gasteiger partial charge is 0.388 e. The van der Waals surface area contributed by atoms with Crippen LogP contribution in [0.3, 0.4) is 0 Å². The maximum atomic E-state index is 11.6. The van der Waals surface area contributed by atoms with Crippen molar-refractivity contribution < 1.29 is 39.1 Å². The molecule has 2 aliphatic heterocycles. The van der Waals surface area contributed by atoms with Crippen LogP contribution in [0.25, 0.3) is 0 Å². The molecule has 25 heavy (non-hydrogen) atoms. The number of amides is 1. The van der Waals surface area contributed by atoms with E-state index in [1.807, 2.05) is 6.92 Å². The summed E-state index contributed by atoms with van der Waals surface area (Å²) in [7, 11) is 0. The molecule has 2 saturated heterocycles. The van der Waals surface area contributed by atoms with Crippen molar-refractivity contribution in [2.24, 2.45) is 0 Å². The third kappa shape index (κ3) is 5.58. The number of ether oxygens (including phenoxy) is 4. The lowest BCUT2D eigenvalue weighted by Crippen LogP contribution is -2.64. The third-order valence-corrected chi connectivity index (χ3v) is 4.18. The van der Waals surface area contributed by atoms with Gasteiger partial charge < -0.3 is 39.6 Å². The van der Waals surface area contributed by atoms with E-state index in [1.165, 1.54) is 0 Å². The first-order valence-corrected chi connectivity index (χ1v) is 8.62. The van der Waals surface area contributed by atoms with E-state index in [0.717, 1.165) is 0 Å². The fourth-order valence-electron chi connectivity index (χ4n) is 2.89. The molecule has 2 aliphatic rings. The number of aliphatic hydroxyl groups is 3. The Morgan fingerprint density at radius 1 is 1.24 bits per heavy atom. The van der Waals surface area contributed by atoms with Crippen molar-refractivity contribution in [3.63, 3.8) is 0 Å². The van der Waals surface area contributed by atoms with Crippen molar-refractivity contribution in [3.8, 4) is 0 Å². The Morgan fingerprint density at radius 3 is 2.56 bits per heavy atom. The van der Waals surface area contributed by atoms with Crippen LogP contribution in [-0.2, 0) is 23.7 Å². The van der Waals surface area contributed by atoms with Gasteiger partial charge in [-0.25, -0.2) is 0 Å². The molecule has 0 aromatic carbocycles. The summed E-state index contributed by atoms with van der Waals surface area (Å²) >= 11 is 0. The van der Waals surface area contributed by atoms with Crippen molar-refractivity contribution in [1.29, 1.82) is 0 Å². The van der Waals surface area contributed by atoms with Crippen LogP contribution in [0.4, 0.5) is 0 Å². The van der Waals surface area contributed by atoms with E-state index in [2.05, 4.69) is 5.32 Å². The molecule has 0 bridgehead atoms. The predicted molar refractivity (Wildman–Crippen MR) is 85.5 cm³/mol. The Hall–Kier alpha value is -0.810. The Labute approximate surface area is 147 Å². The van der Waals surface area contributed by atoms with Gasteiger partial charge in [-0.3, -0.25) is 4.79 Å². The van der Waals surface area contributed by atoms with Crippen LogP contribution < -0.4 is 5.32 Å². The van der Waals surface area contributed by atoms with Gasteiger partial charge in [0.05, 0.1) is 19.8 Å². The molecular formula is C16H29NO8. The van der Waals surface area contributed by atoms with E-state index < -0.39 is 36.4 Å². The smallest absolute Gasteiger partial charge is 0.220 e. The highest BCUT2D eigenvalue weighted by molar-refractivity contribution is 5.76. The van der Waals surface area contributed by atoms with Gasteiger partial charge in [-0.05, 0) is 20.3 Å². The van der Waals surface area contributed by atoms with Gasteiger partial charge in [-0.15, -0.1) is 0 Å². The van der Waals surface area contributed by atoms with Gasteiger partial charge in [0.1, 0.15) is 30.5 Å². The average molecular weight is 363 g/mol. The quantitative estimate of drug-likeness (QED) is 0.448.